The molecule has 31 heavy (non-hydrogen) atoms. The van der Waals surface area contributed by atoms with E-state index in [1.165, 1.54) is 0 Å². The molecule has 172 valence electrons. The molecule has 0 spiro atoms. The van der Waals surface area contributed by atoms with E-state index in [0.717, 1.165) is 24.7 Å². The Kier molecular flexibility index (Phi) is 7.40. The van der Waals surface area contributed by atoms with Gasteiger partial charge in [-0.15, -0.1) is 0 Å². The van der Waals surface area contributed by atoms with Crippen molar-refractivity contribution >= 4 is 18.2 Å². The summed E-state index contributed by atoms with van der Waals surface area (Å²) < 4.78 is 11.5. The first-order valence-corrected chi connectivity index (χ1v) is 11.6. The molecule has 1 aliphatic heterocycles. The van der Waals surface area contributed by atoms with E-state index in [2.05, 4.69) is 13.0 Å². The Morgan fingerprint density at radius 2 is 2.06 bits per heavy atom. The maximum Gasteiger partial charge on any atom is 0.311 e. The molecule has 1 saturated heterocycles. The molecule has 2 aliphatic carbocycles. The van der Waals surface area contributed by atoms with Crippen LogP contribution in [-0.4, -0.2) is 41.6 Å². The number of cyclic esters (lactones) is 1. The number of carbonyl (C=O) groups is 3. The third-order valence-corrected chi connectivity index (χ3v) is 7.40. The van der Waals surface area contributed by atoms with E-state index < -0.39 is 11.5 Å². The minimum Gasteiger partial charge on any atom is -0.462 e. The quantitative estimate of drug-likeness (QED) is 0.485. The highest BCUT2D eigenvalue weighted by atomic mass is 16.6. The SMILES string of the molecule is CCC(C)(C)C(=O)O[C@H]1CC(C=O)=CC2=CC[C@H](C)[C@H](CC[C@@H]3C[C@@H](O)CC(=O)O3)[C@H]21. The molecule has 6 nitrogen and oxygen atoms in total. The van der Waals surface area contributed by atoms with Gasteiger partial charge in [0.05, 0.1) is 17.9 Å². The zero-order valence-corrected chi connectivity index (χ0v) is 19.1. The van der Waals surface area contributed by atoms with E-state index in [1.807, 2.05) is 26.8 Å². The Hall–Kier alpha value is -1.95. The predicted octanol–water partition coefficient (Wildman–Crippen LogP) is 3.91. The van der Waals surface area contributed by atoms with Gasteiger partial charge in [-0.05, 0) is 62.5 Å². The van der Waals surface area contributed by atoms with Crippen LogP contribution in [-0.2, 0) is 23.9 Å². The number of aliphatic hydroxyl groups is 1. The van der Waals surface area contributed by atoms with Crippen LogP contribution in [0.3, 0.4) is 0 Å². The summed E-state index contributed by atoms with van der Waals surface area (Å²) in [4.78, 5) is 36.1. The molecule has 0 radical (unpaired) electrons. The smallest absolute Gasteiger partial charge is 0.311 e. The molecule has 1 N–H and O–H groups in total. The van der Waals surface area contributed by atoms with Crippen LogP contribution in [0.5, 0.6) is 0 Å². The summed E-state index contributed by atoms with van der Waals surface area (Å²) in [6, 6.07) is 0. The van der Waals surface area contributed by atoms with Gasteiger partial charge in [0.15, 0.2) is 0 Å². The Labute approximate surface area is 185 Å². The number of ether oxygens (including phenoxy) is 2. The summed E-state index contributed by atoms with van der Waals surface area (Å²) in [6.45, 7) is 7.94. The first-order valence-electron chi connectivity index (χ1n) is 11.6. The summed E-state index contributed by atoms with van der Waals surface area (Å²) >= 11 is 0. The first kappa shape index (κ1) is 23.7. The zero-order valence-electron chi connectivity index (χ0n) is 19.1. The van der Waals surface area contributed by atoms with E-state index in [1.54, 1.807) is 0 Å². The lowest BCUT2D eigenvalue weighted by Crippen LogP contribution is -2.43. The molecule has 3 rings (SSSR count). The van der Waals surface area contributed by atoms with Crippen molar-refractivity contribution in [1.29, 1.82) is 0 Å². The third-order valence-electron chi connectivity index (χ3n) is 7.40. The van der Waals surface area contributed by atoms with Crippen LogP contribution in [0, 0.1) is 23.2 Å². The first-order chi connectivity index (χ1) is 14.6. The number of carbonyl (C=O) groups excluding carboxylic acids is 3. The van der Waals surface area contributed by atoms with Crippen molar-refractivity contribution in [3.8, 4) is 0 Å². The molecule has 0 bridgehead atoms. The molecular formula is C25H36O6. The Bertz CT molecular complexity index is 764. The second-order valence-electron chi connectivity index (χ2n) is 10.1. The fourth-order valence-corrected chi connectivity index (χ4v) is 5.03. The lowest BCUT2D eigenvalue weighted by molar-refractivity contribution is -0.165. The molecular weight excluding hydrogens is 396 g/mol. The lowest BCUT2D eigenvalue weighted by atomic mass is 9.65. The molecule has 6 atom stereocenters. The number of hydrogen-bond acceptors (Lipinski definition) is 6. The van der Waals surface area contributed by atoms with E-state index >= 15 is 0 Å². The van der Waals surface area contributed by atoms with Crippen molar-refractivity contribution in [1.82, 2.24) is 0 Å². The summed E-state index contributed by atoms with van der Waals surface area (Å²) in [5.41, 5.74) is 1.16. The molecule has 0 amide bonds. The van der Waals surface area contributed by atoms with Crippen molar-refractivity contribution in [2.75, 3.05) is 0 Å². The van der Waals surface area contributed by atoms with Crippen molar-refractivity contribution < 1.29 is 29.0 Å². The number of allylic oxidation sites excluding steroid dienone is 2. The van der Waals surface area contributed by atoms with Gasteiger partial charge >= 0.3 is 11.9 Å². The van der Waals surface area contributed by atoms with E-state index in [0.29, 0.717) is 37.2 Å². The Balaban J connectivity index is 1.79. The van der Waals surface area contributed by atoms with E-state index in [4.69, 9.17) is 9.47 Å². The van der Waals surface area contributed by atoms with Crippen molar-refractivity contribution in [3.05, 3.63) is 23.3 Å². The van der Waals surface area contributed by atoms with Gasteiger partial charge in [-0.1, -0.05) is 26.0 Å². The van der Waals surface area contributed by atoms with Gasteiger partial charge in [0.25, 0.3) is 0 Å². The van der Waals surface area contributed by atoms with E-state index in [-0.39, 0.29) is 42.4 Å². The topological polar surface area (TPSA) is 89.9 Å². The van der Waals surface area contributed by atoms with Gasteiger partial charge in [-0.3, -0.25) is 14.4 Å². The van der Waals surface area contributed by atoms with Crippen molar-refractivity contribution in [2.45, 2.75) is 91.0 Å². The van der Waals surface area contributed by atoms with Crippen LogP contribution in [0.4, 0.5) is 0 Å². The average Bonchev–Trinajstić information content (AvgIpc) is 2.72. The molecule has 1 fully saturated rings. The maximum atomic E-state index is 12.9. The molecule has 0 unspecified atom stereocenters. The predicted molar refractivity (Wildman–Crippen MR) is 116 cm³/mol. The minimum atomic E-state index is -0.636. The second-order valence-corrected chi connectivity index (χ2v) is 10.1. The Morgan fingerprint density at radius 1 is 1.32 bits per heavy atom. The van der Waals surface area contributed by atoms with Gasteiger partial charge in [0.1, 0.15) is 18.5 Å². The third kappa shape index (κ3) is 5.46. The van der Waals surface area contributed by atoms with Crippen LogP contribution in [0.2, 0.25) is 0 Å². The lowest BCUT2D eigenvalue weighted by Gasteiger charge is -2.43. The molecule has 0 aromatic rings. The van der Waals surface area contributed by atoms with Crippen LogP contribution in [0.25, 0.3) is 0 Å². The van der Waals surface area contributed by atoms with Crippen LogP contribution >= 0.6 is 0 Å². The monoisotopic (exact) mass is 432 g/mol. The summed E-state index contributed by atoms with van der Waals surface area (Å²) in [6.07, 6.45) is 7.72. The normalized spacial score (nSPS) is 33.5. The standard InChI is InChI=1S/C25H36O6/c1-5-25(3,4)24(29)31-21-11-16(14-26)10-17-7-6-15(2)20(23(17)21)9-8-19-12-18(27)13-22(28)30-19/h7,10,14-15,18-21,23,27H,5-6,8-9,11-13H2,1-4H3/t15-,18+,19+,20-,21-,23-/m0/s1. The van der Waals surface area contributed by atoms with Crippen molar-refractivity contribution in [3.63, 3.8) is 0 Å². The van der Waals surface area contributed by atoms with Crippen LogP contribution in [0.1, 0.15) is 72.6 Å². The molecule has 6 heteroatoms. The van der Waals surface area contributed by atoms with Gasteiger partial charge in [-0.25, -0.2) is 0 Å². The number of hydrogen-bond donors (Lipinski definition) is 1. The highest BCUT2D eigenvalue weighted by Gasteiger charge is 2.43. The number of esters is 2. The van der Waals surface area contributed by atoms with Crippen LogP contribution in [0.15, 0.2) is 23.3 Å². The summed E-state index contributed by atoms with van der Waals surface area (Å²) in [5.74, 6) is 0.0706. The van der Waals surface area contributed by atoms with Gasteiger partial charge < -0.3 is 14.6 Å². The van der Waals surface area contributed by atoms with Crippen molar-refractivity contribution in [2.24, 2.45) is 23.2 Å². The fourth-order valence-electron chi connectivity index (χ4n) is 5.03. The Morgan fingerprint density at radius 3 is 2.71 bits per heavy atom. The number of fused-ring (bicyclic) bond motifs is 1. The van der Waals surface area contributed by atoms with Gasteiger partial charge in [-0.2, -0.15) is 0 Å². The largest absolute Gasteiger partial charge is 0.462 e. The minimum absolute atomic E-state index is 0.0215. The maximum absolute atomic E-state index is 12.9. The number of aldehydes is 1. The van der Waals surface area contributed by atoms with Crippen LogP contribution < -0.4 is 0 Å². The summed E-state index contributed by atoms with van der Waals surface area (Å²) in [7, 11) is 0. The molecule has 0 aromatic heterocycles. The average molecular weight is 433 g/mol. The molecule has 0 aromatic carbocycles. The highest BCUT2D eigenvalue weighted by molar-refractivity contribution is 5.78. The van der Waals surface area contributed by atoms with Gasteiger partial charge in [0.2, 0.25) is 0 Å². The van der Waals surface area contributed by atoms with Gasteiger partial charge in [0, 0.05) is 18.8 Å². The molecule has 1 heterocycles. The zero-order chi connectivity index (χ0) is 22.8. The number of aliphatic hydroxyl groups excluding tert-OH is 1. The fraction of sp³-hybridized carbons (Fsp3) is 0.720. The number of rotatable bonds is 7. The molecule has 3 aliphatic rings. The molecule has 0 saturated carbocycles. The highest BCUT2D eigenvalue weighted by Crippen LogP contribution is 2.46. The second kappa shape index (κ2) is 9.68. The van der Waals surface area contributed by atoms with E-state index in [9.17, 15) is 19.5 Å². The summed E-state index contributed by atoms with van der Waals surface area (Å²) in [5, 5.41) is 9.92.